The summed E-state index contributed by atoms with van der Waals surface area (Å²) in [6.07, 6.45) is 0. The van der Waals surface area contributed by atoms with Crippen LogP contribution < -0.4 is 4.90 Å². The van der Waals surface area contributed by atoms with Crippen molar-refractivity contribution in [1.82, 2.24) is 0 Å². The van der Waals surface area contributed by atoms with Gasteiger partial charge in [-0.05, 0) is 91.8 Å². The third-order valence-electron chi connectivity index (χ3n) is 10.3. The maximum absolute atomic E-state index is 6.40. The average molecular weight is 664 g/mol. The summed E-state index contributed by atoms with van der Waals surface area (Å²) in [6, 6.07) is 71.7. The molecule has 0 atom stereocenters. The second kappa shape index (κ2) is 12.5. The molecule has 9 aromatic carbocycles. The lowest BCUT2D eigenvalue weighted by Gasteiger charge is -2.27. The van der Waals surface area contributed by atoms with E-state index < -0.39 is 0 Å². The first kappa shape index (κ1) is 30.0. The smallest absolute Gasteiger partial charge is 0.143 e. The molecule has 0 spiro atoms. The molecule has 0 aliphatic rings. The van der Waals surface area contributed by atoms with Crippen LogP contribution in [0.2, 0.25) is 0 Å². The van der Waals surface area contributed by atoms with Crippen LogP contribution in [0, 0.1) is 0 Å². The summed E-state index contributed by atoms with van der Waals surface area (Å²) < 4.78 is 6.40. The predicted octanol–water partition coefficient (Wildman–Crippen LogP) is 14.4. The van der Waals surface area contributed by atoms with Crippen molar-refractivity contribution >= 4 is 60.5 Å². The molecule has 0 saturated heterocycles. The highest BCUT2D eigenvalue weighted by atomic mass is 16.3. The van der Waals surface area contributed by atoms with Gasteiger partial charge >= 0.3 is 0 Å². The van der Waals surface area contributed by atoms with Crippen molar-refractivity contribution < 1.29 is 4.42 Å². The number of benzene rings is 9. The minimum Gasteiger partial charge on any atom is -0.455 e. The topological polar surface area (TPSA) is 16.4 Å². The largest absolute Gasteiger partial charge is 0.455 e. The predicted molar refractivity (Wildman–Crippen MR) is 220 cm³/mol. The molecule has 0 aliphatic heterocycles. The van der Waals surface area contributed by atoms with E-state index >= 15 is 0 Å². The Labute approximate surface area is 302 Å². The van der Waals surface area contributed by atoms with Crippen molar-refractivity contribution in [2.75, 3.05) is 4.90 Å². The maximum atomic E-state index is 6.40. The number of rotatable bonds is 6. The molecule has 10 aromatic rings. The van der Waals surface area contributed by atoms with E-state index in [-0.39, 0.29) is 0 Å². The molecule has 0 fully saturated rings. The highest BCUT2D eigenvalue weighted by Crippen LogP contribution is 2.41. The molecule has 1 aromatic heterocycles. The number of furan rings is 1. The SMILES string of the molecule is c1ccc(-c2ccc(-c3cccc(N(c4ccc(-c5cccc6c5oc5ccccc56)cc4)c4ccc5c(ccc6ccccc65)c4)c3)cc2)cc1. The molecule has 52 heavy (non-hydrogen) atoms. The fourth-order valence-corrected chi connectivity index (χ4v) is 7.66. The molecule has 1 heterocycles. The van der Waals surface area contributed by atoms with Crippen LogP contribution in [0.15, 0.2) is 205 Å². The minimum atomic E-state index is 0.909. The summed E-state index contributed by atoms with van der Waals surface area (Å²) in [7, 11) is 0. The van der Waals surface area contributed by atoms with Gasteiger partial charge in [0.2, 0.25) is 0 Å². The van der Waals surface area contributed by atoms with Crippen LogP contribution in [-0.4, -0.2) is 0 Å². The molecule has 10 rings (SSSR count). The van der Waals surface area contributed by atoms with E-state index in [4.69, 9.17) is 4.42 Å². The molecule has 0 amide bonds. The lowest BCUT2D eigenvalue weighted by molar-refractivity contribution is 0.670. The van der Waals surface area contributed by atoms with E-state index in [1.54, 1.807) is 0 Å². The highest BCUT2D eigenvalue weighted by molar-refractivity contribution is 6.10. The minimum absolute atomic E-state index is 0.909. The number of nitrogens with zero attached hydrogens (tertiary/aromatic N) is 1. The summed E-state index contributed by atoms with van der Waals surface area (Å²) in [5.74, 6) is 0. The lowest BCUT2D eigenvalue weighted by Crippen LogP contribution is -2.10. The summed E-state index contributed by atoms with van der Waals surface area (Å²) >= 11 is 0. The van der Waals surface area contributed by atoms with Gasteiger partial charge in [0.15, 0.2) is 0 Å². The fraction of sp³-hybridized carbons (Fsp3) is 0. The van der Waals surface area contributed by atoms with Crippen LogP contribution in [0.5, 0.6) is 0 Å². The third-order valence-corrected chi connectivity index (χ3v) is 10.3. The Hall–Kier alpha value is -6.90. The van der Waals surface area contributed by atoms with Gasteiger partial charge in [-0.1, -0.05) is 158 Å². The van der Waals surface area contributed by atoms with Crippen LogP contribution >= 0.6 is 0 Å². The van der Waals surface area contributed by atoms with Gasteiger partial charge in [0.25, 0.3) is 0 Å². The molecular weight excluding hydrogens is 631 g/mol. The molecule has 2 heteroatoms. The Kier molecular flexibility index (Phi) is 7.18. The van der Waals surface area contributed by atoms with Crippen molar-refractivity contribution in [2.24, 2.45) is 0 Å². The van der Waals surface area contributed by atoms with Crippen LogP contribution in [0.3, 0.4) is 0 Å². The second-order valence-corrected chi connectivity index (χ2v) is 13.3. The van der Waals surface area contributed by atoms with Crippen LogP contribution in [0.1, 0.15) is 0 Å². The van der Waals surface area contributed by atoms with Crippen LogP contribution in [0.25, 0.3) is 76.9 Å². The standard InChI is InChI=1S/C50H33NO/c1-2-10-34(11-3-1)35-20-22-36(23-21-35)39-13-8-14-42(32-39)51(43-30-31-45-40(33-43)25-24-37-12-4-5-15-44(37)45)41-28-26-38(27-29-41)46-17-9-18-48-47-16-6-7-19-49(47)52-50(46)48/h1-33H. The molecule has 0 saturated carbocycles. The number of hydrogen-bond donors (Lipinski definition) is 0. The Balaban J connectivity index is 1.08. The first-order chi connectivity index (χ1) is 25.8. The van der Waals surface area contributed by atoms with E-state index in [9.17, 15) is 0 Å². The zero-order valence-corrected chi connectivity index (χ0v) is 28.4. The number of fused-ring (bicyclic) bond motifs is 6. The van der Waals surface area contributed by atoms with E-state index in [1.807, 2.05) is 12.1 Å². The summed E-state index contributed by atoms with van der Waals surface area (Å²) in [5, 5.41) is 7.26. The first-order valence-electron chi connectivity index (χ1n) is 17.8. The summed E-state index contributed by atoms with van der Waals surface area (Å²) in [4.78, 5) is 2.36. The van der Waals surface area contributed by atoms with Crippen molar-refractivity contribution in [3.05, 3.63) is 200 Å². The molecule has 0 bridgehead atoms. The molecular formula is C50H33NO. The van der Waals surface area contributed by atoms with Crippen molar-refractivity contribution in [2.45, 2.75) is 0 Å². The van der Waals surface area contributed by atoms with E-state index in [0.29, 0.717) is 0 Å². The van der Waals surface area contributed by atoms with Gasteiger partial charge in [-0.15, -0.1) is 0 Å². The van der Waals surface area contributed by atoms with Gasteiger partial charge in [-0.3, -0.25) is 0 Å². The highest BCUT2D eigenvalue weighted by Gasteiger charge is 2.17. The first-order valence-corrected chi connectivity index (χ1v) is 17.8. The van der Waals surface area contributed by atoms with E-state index in [1.165, 1.54) is 43.8 Å². The number of anilines is 3. The van der Waals surface area contributed by atoms with E-state index in [2.05, 4.69) is 193 Å². The van der Waals surface area contributed by atoms with Crippen molar-refractivity contribution in [3.8, 4) is 33.4 Å². The monoisotopic (exact) mass is 663 g/mol. The number of para-hydroxylation sites is 2. The molecule has 0 aliphatic carbocycles. The summed E-state index contributed by atoms with van der Waals surface area (Å²) in [6.45, 7) is 0. The zero-order valence-electron chi connectivity index (χ0n) is 28.4. The second-order valence-electron chi connectivity index (χ2n) is 13.3. The normalized spacial score (nSPS) is 11.5. The van der Waals surface area contributed by atoms with Gasteiger partial charge < -0.3 is 9.32 Å². The van der Waals surface area contributed by atoms with Gasteiger partial charge in [-0.25, -0.2) is 0 Å². The third kappa shape index (κ3) is 5.21. The molecule has 2 nitrogen and oxygen atoms in total. The molecule has 0 unspecified atom stereocenters. The van der Waals surface area contributed by atoms with Gasteiger partial charge in [0, 0.05) is 33.4 Å². The Bertz CT molecular complexity index is 2890. The molecule has 0 radical (unpaired) electrons. The Morgan fingerprint density at radius 3 is 1.73 bits per heavy atom. The quantitative estimate of drug-likeness (QED) is 0.165. The van der Waals surface area contributed by atoms with Gasteiger partial charge in [0.05, 0.1) is 0 Å². The van der Waals surface area contributed by atoms with E-state index in [0.717, 1.165) is 50.1 Å². The van der Waals surface area contributed by atoms with Crippen LogP contribution in [-0.2, 0) is 0 Å². The van der Waals surface area contributed by atoms with Crippen molar-refractivity contribution in [1.29, 1.82) is 0 Å². The van der Waals surface area contributed by atoms with Crippen molar-refractivity contribution in [3.63, 3.8) is 0 Å². The molecule has 0 N–H and O–H groups in total. The van der Waals surface area contributed by atoms with Gasteiger partial charge in [-0.2, -0.15) is 0 Å². The maximum Gasteiger partial charge on any atom is 0.143 e. The zero-order chi connectivity index (χ0) is 34.4. The summed E-state index contributed by atoms with van der Waals surface area (Å²) in [5.41, 5.74) is 12.1. The number of hydrogen-bond acceptors (Lipinski definition) is 2. The Morgan fingerprint density at radius 2 is 0.885 bits per heavy atom. The van der Waals surface area contributed by atoms with Gasteiger partial charge in [0.1, 0.15) is 11.2 Å². The average Bonchev–Trinajstić information content (AvgIpc) is 3.61. The lowest BCUT2D eigenvalue weighted by atomic mass is 9.99. The van der Waals surface area contributed by atoms with Crippen LogP contribution in [0.4, 0.5) is 17.1 Å². The fourth-order valence-electron chi connectivity index (χ4n) is 7.66. The molecule has 244 valence electrons. The Morgan fingerprint density at radius 1 is 0.308 bits per heavy atom.